The van der Waals surface area contributed by atoms with Crippen molar-refractivity contribution in [2.24, 2.45) is 0 Å². The van der Waals surface area contributed by atoms with Crippen LogP contribution in [0.2, 0.25) is 0 Å². The van der Waals surface area contributed by atoms with Crippen molar-refractivity contribution in [3.63, 3.8) is 0 Å². The van der Waals surface area contributed by atoms with Gasteiger partial charge in [0.2, 0.25) is 0 Å². The highest BCUT2D eigenvalue weighted by Crippen LogP contribution is 2.20. The molecule has 20 heavy (non-hydrogen) atoms. The van der Waals surface area contributed by atoms with Crippen molar-refractivity contribution in [1.29, 1.82) is 0 Å². The maximum atomic E-state index is 5.81. The minimum absolute atomic E-state index is 0.775. The van der Waals surface area contributed by atoms with E-state index >= 15 is 0 Å². The molecule has 0 atom stereocenters. The predicted octanol–water partition coefficient (Wildman–Crippen LogP) is 2.80. The van der Waals surface area contributed by atoms with Gasteiger partial charge in [0.05, 0.1) is 6.61 Å². The van der Waals surface area contributed by atoms with Crippen molar-refractivity contribution in [2.45, 2.75) is 44.7 Å². The first-order chi connectivity index (χ1) is 9.90. The summed E-state index contributed by atoms with van der Waals surface area (Å²) in [6, 6.07) is 9.31. The Hall–Kier alpha value is -1.06. The highest BCUT2D eigenvalue weighted by Gasteiger charge is 2.19. The normalized spacial score (nSPS) is 19.4. The molecule has 0 bridgehead atoms. The van der Waals surface area contributed by atoms with E-state index in [-0.39, 0.29) is 0 Å². The topological polar surface area (TPSA) is 24.5 Å². The van der Waals surface area contributed by atoms with E-state index in [1.54, 1.807) is 0 Å². The summed E-state index contributed by atoms with van der Waals surface area (Å²) in [6.45, 7) is 5.56. The zero-order chi connectivity index (χ0) is 13.6. The Balaban J connectivity index is 1.32. The Bertz CT molecular complexity index is 394. The third-order valence-corrected chi connectivity index (χ3v) is 4.18. The SMILES string of the molecule is c1cc(OCCCN2CCCC2)ccc1CNC1CC1. The molecule has 3 heteroatoms. The molecule has 2 fully saturated rings. The second-order valence-corrected chi connectivity index (χ2v) is 6.05. The van der Waals surface area contributed by atoms with Gasteiger partial charge >= 0.3 is 0 Å². The van der Waals surface area contributed by atoms with E-state index in [9.17, 15) is 0 Å². The van der Waals surface area contributed by atoms with Crippen LogP contribution in [0.1, 0.15) is 37.7 Å². The van der Waals surface area contributed by atoms with E-state index in [2.05, 4.69) is 34.5 Å². The Kier molecular flexibility index (Phi) is 4.93. The monoisotopic (exact) mass is 274 g/mol. The molecule has 0 spiro atoms. The fraction of sp³-hybridized carbons (Fsp3) is 0.647. The number of benzene rings is 1. The molecule has 3 rings (SSSR count). The van der Waals surface area contributed by atoms with Gasteiger partial charge in [-0.3, -0.25) is 0 Å². The first-order valence-electron chi connectivity index (χ1n) is 8.08. The second kappa shape index (κ2) is 7.09. The minimum atomic E-state index is 0.775. The fourth-order valence-corrected chi connectivity index (χ4v) is 2.74. The summed E-state index contributed by atoms with van der Waals surface area (Å²) in [5, 5.41) is 3.53. The molecule has 1 saturated heterocycles. The van der Waals surface area contributed by atoms with Crippen LogP contribution in [0.3, 0.4) is 0 Å². The zero-order valence-electron chi connectivity index (χ0n) is 12.3. The van der Waals surface area contributed by atoms with Crippen molar-refractivity contribution in [3.05, 3.63) is 29.8 Å². The molecule has 1 aliphatic heterocycles. The fourth-order valence-electron chi connectivity index (χ4n) is 2.74. The van der Waals surface area contributed by atoms with E-state index in [1.807, 2.05) is 0 Å². The number of rotatable bonds is 8. The molecule has 3 nitrogen and oxygen atoms in total. The quantitative estimate of drug-likeness (QED) is 0.738. The number of hydrogen-bond acceptors (Lipinski definition) is 3. The molecule has 1 aromatic rings. The lowest BCUT2D eigenvalue weighted by atomic mass is 10.2. The van der Waals surface area contributed by atoms with Crippen LogP contribution < -0.4 is 10.1 Å². The van der Waals surface area contributed by atoms with E-state index in [4.69, 9.17) is 4.74 Å². The Morgan fingerprint density at radius 2 is 1.85 bits per heavy atom. The summed E-state index contributed by atoms with van der Waals surface area (Å²) < 4.78 is 5.81. The van der Waals surface area contributed by atoms with Crippen molar-refractivity contribution >= 4 is 0 Å². The number of nitrogens with one attached hydrogen (secondary N) is 1. The first-order valence-corrected chi connectivity index (χ1v) is 8.08. The number of likely N-dealkylation sites (tertiary alicyclic amines) is 1. The Labute approximate surface area is 122 Å². The lowest BCUT2D eigenvalue weighted by molar-refractivity contribution is 0.263. The molecule has 1 aliphatic carbocycles. The molecule has 110 valence electrons. The van der Waals surface area contributed by atoms with Gasteiger partial charge in [-0.05, 0) is 62.9 Å². The molecule has 0 radical (unpaired) electrons. The van der Waals surface area contributed by atoms with Gasteiger partial charge in [-0.15, -0.1) is 0 Å². The van der Waals surface area contributed by atoms with Gasteiger partial charge in [0.1, 0.15) is 5.75 Å². The van der Waals surface area contributed by atoms with E-state index in [0.717, 1.165) is 31.4 Å². The van der Waals surface area contributed by atoms with Gasteiger partial charge in [0.15, 0.2) is 0 Å². The molecule has 0 aromatic heterocycles. The van der Waals surface area contributed by atoms with Gasteiger partial charge in [0, 0.05) is 19.1 Å². The summed E-state index contributed by atoms with van der Waals surface area (Å²) in [6.07, 6.45) is 6.57. The van der Waals surface area contributed by atoms with E-state index < -0.39 is 0 Å². The van der Waals surface area contributed by atoms with Gasteiger partial charge in [-0.1, -0.05) is 12.1 Å². The minimum Gasteiger partial charge on any atom is -0.494 e. The van der Waals surface area contributed by atoms with Crippen LogP contribution in [0, 0.1) is 0 Å². The van der Waals surface area contributed by atoms with Crippen LogP contribution in [0.15, 0.2) is 24.3 Å². The van der Waals surface area contributed by atoms with Gasteiger partial charge in [-0.2, -0.15) is 0 Å². The smallest absolute Gasteiger partial charge is 0.119 e. The Morgan fingerprint density at radius 1 is 1.10 bits per heavy atom. The van der Waals surface area contributed by atoms with E-state index in [0.29, 0.717) is 0 Å². The second-order valence-electron chi connectivity index (χ2n) is 6.05. The summed E-state index contributed by atoms with van der Waals surface area (Å²) in [5.41, 5.74) is 1.35. The van der Waals surface area contributed by atoms with Crippen molar-refractivity contribution in [1.82, 2.24) is 10.2 Å². The van der Waals surface area contributed by atoms with E-state index in [1.165, 1.54) is 50.9 Å². The molecule has 2 aliphatic rings. The van der Waals surface area contributed by atoms with Gasteiger partial charge in [-0.25, -0.2) is 0 Å². The zero-order valence-corrected chi connectivity index (χ0v) is 12.3. The number of ether oxygens (including phenoxy) is 1. The summed E-state index contributed by atoms with van der Waals surface area (Å²) >= 11 is 0. The van der Waals surface area contributed by atoms with Crippen LogP contribution in [-0.4, -0.2) is 37.2 Å². The largest absolute Gasteiger partial charge is 0.494 e. The molecule has 0 unspecified atom stereocenters. The van der Waals surface area contributed by atoms with Crippen LogP contribution in [-0.2, 0) is 6.54 Å². The molecule has 0 amide bonds. The lowest BCUT2D eigenvalue weighted by Crippen LogP contribution is -2.21. The summed E-state index contributed by atoms with van der Waals surface area (Å²) in [4.78, 5) is 2.54. The van der Waals surface area contributed by atoms with Gasteiger partial charge < -0.3 is 15.0 Å². The molecular formula is C17H26N2O. The van der Waals surface area contributed by atoms with Crippen LogP contribution >= 0.6 is 0 Å². The standard InChI is InChI=1S/C17H26N2O/c1-2-11-19(10-1)12-3-13-20-17-8-4-15(5-9-17)14-18-16-6-7-16/h4-5,8-9,16,18H,1-3,6-7,10-14H2. The Morgan fingerprint density at radius 3 is 2.55 bits per heavy atom. The van der Waals surface area contributed by atoms with Crippen LogP contribution in [0.25, 0.3) is 0 Å². The number of nitrogens with zero attached hydrogens (tertiary/aromatic N) is 1. The highest BCUT2D eigenvalue weighted by molar-refractivity contribution is 5.27. The third-order valence-electron chi connectivity index (χ3n) is 4.18. The van der Waals surface area contributed by atoms with Crippen molar-refractivity contribution < 1.29 is 4.74 Å². The van der Waals surface area contributed by atoms with Crippen LogP contribution in [0.4, 0.5) is 0 Å². The van der Waals surface area contributed by atoms with Crippen molar-refractivity contribution in [3.8, 4) is 5.75 Å². The molecule has 1 N–H and O–H groups in total. The average molecular weight is 274 g/mol. The van der Waals surface area contributed by atoms with Crippen molar-refractivity contribution in [2.75, 3.05) is 26.2 Å². The van der Waals surface area contributed by atoms with Crippen LogP contribution in [0.5, 0.6) is 5.75 Å². The molecule has 1 saturated carbocycles. The van der Waals surface area contributed by atoms with Gasteiger partial charge in [0.25, 0.3) is 0 Å². The predicted molar refractivity (Wildman–Crippen MR) is 82.1 cm³/mol. The maximum Gasteiger partial charge on any atom is 0.119 e. The maximum absolute atomic E-state index is 5.81. The summed E-state index contributed by atoms with van der Waals surface area (Å²) in [5.74, 6) is 1.00. The first kappa shape index (κ1) is 13.9. The molecule has 1 heterocycles. The average Bonchev–Trinajstić information content (AvgIpc) is 3.17. The molecular weight excluding hydrogens is 248 g/mol. The third kappa shape index (κ3) is 4.50. The number of hydrogen-bond donors (Lipinski definition) is 1. The summed E-state index contributed by atoms with van der Waals surface area (Å²) in [7, 11) is 0. The lowest BCUT2D eigenvalue weighted by Gasteiger charge is -2.14. The highest BCUT2D eigenvalue weighted by atomic mass is 16.5. The molecule has 1 aromatic carbocycles.